The number of anilines is 2. The summed E-state index contributed by atoms with van der Waals surface area (Å²) in [5.74, 6) is -1.78. The van der Waals surface area contributed by atoms with Crippen molar-refractivity contribution >= 4 is 17.3 Å². The van der Waals surface area contributed by atoms with E-state index in [2.05, 4.69) is 5.32 Å². The van der Waals surface area contributed by atoms with Crippen LogP contribution in [0.15, 0.2) is 36.4 Å². The van der Waals surface area contributed by atoms with Crippen molar-refractivity contribution in [2.75, 3.05) is 11.1 Å². The summed E-state index contributed by atoms with van der Waals surface area (Å²) >= 11 is 0. The zero-order valence-corrected chi connectivity index (χ0v) is 10.2. The van der Waals surface area contributed by atoms with E-state index in [1.54, 1.807) is 6.07 Å². The van der Waals surface area contributed by atoms with Gasteiger partial charge in [0.1, 0.15) is 17.4 Å². The standard InChI is InChI=1S/C14H10FN3O2/c15-10-4-2-6-12(9(10)7-16)18-14(20)8-3-1-5-11(17)13(8)19/h1-6,19H,17H2,(H,18,20). The van der Waals surface area contributed by atoms with Gasteiger partial charge < -0.3 is 16.2 Å². The van der Waals surface area contributed by atoms with Gasteiger partial charge in [-0.3, -0.25) is 4.79 Å². The highest BCUT2D eigenvalue weighted by atomic mass is 19.1. The van der Waals surface area contributed by atoms with E-state index in [0.717, 1.165) is 6.07 Å². The molecule has 0 aromatic heterocycles. The van der Waals surface area contributed by atoms with Crippen molar-refractivity contribution in [3.8, 4) is 11.8 Å². The molecule has 1 amide bonds. The molecule has 0 bridgehead atoms. The lowest BCUT2D eigenvalue weighted by Crippen LogP contribution is -2.14. The minimum Gasteiger partial charge on any atom is -0.505 e. The van der Waals surface area contributed by atoms with Gasteiger partial charge in [-0.25, -0.2) is 4.39 Å². The predicted octanol–water partition coefficient (Wildman–Crippen LogP) is 2.24. The molecule has 5 nitrogen and oxygen atoms in total. The maximum Gasteiger partial charge on any atom is 0.259 e. The van der Waals surface area contributed by atoms with Crippen molar-refractivity contribution in [1.29, 1.82) is 5.26 Å². The molecule has 0 atom stereocenters. The highest BCUT2D eigenvalue weighted by molar-refractivity contribution is 6.07. The number of carbonyl (C=O) groups excluding carboxylic acids is 1. The Labute approximate surface area is 114 Å². The number of hydrogen-bond donors (Lipinski definition) is 3. The van der Waals surface area contributed by atoms with E-state index in [-0.39, 0.29) is 28.3 Å². The number of benzene rings is 2. The number of para-hydroxylation sites is 1. The lowest BCUT2D eigenvalue weighted by molar-refractivity contribution is 0.102. The van der Waals surface area contributed by atoms with Crippen molar-refractivity contribution < 1.29 is 14.3 Å². The summed E-state index contributed by atoms with van der Waals surface area (Å²) in [5, 5.41) is 20.9. The summed E-state index contributed by atoms with van der Waals surface area (Å²) in [6.07, 6.45) is 0. The molecule has 2 aromatic rings. The van der Waals surface area contributed by atoms with E-state index in [1.165, 1.54) is 30.3 Å². The fraction of sp³-hybridized carbons (Fsp3) is 0. The number of nitrogens with two attached hydrogens (primary N) is 1. The number of phenols is 1. The van der Waals surface area contributed by atoms with Gasteiger partial charge in [0.15, 0.2) is 5.75 Å². The molecule has 4 N–H and O–H groups in total. The number of nitrogen functional groups attached to an aromatic ring is 1. The zero-order valence-electron chi connectivity index (χ0n) is 10.2. The predicted molar refractivity (Wildman–Crippen MR) is 71.6 cm³/mol. The van der Waals surface area contributed by atoms with Gasteiger partial charge in [0.05, 0.1) is 16.9 Å². The van der Waals surface area contributed by atoms with E-state index in [1.807, 2.05) is 0 Å². The summed E-state index contributed by atoms with van der Waals surface area (Å²) in [4.78, 5) is 12.0. The van der Waals surface area contributed by atoms with E-state index < -0.39 is 11.7 Å². The van der Waals surface area contributed by atoms with Crippen LogP contribution in [0.25, 0.3) is 0 Å². The number of halogens is 1. The quantitative estimate of drug-likeness (QED) is 0.576. The molecule has 20 heavy (non-hydrogen) atoms. The monoisotopic (exact) mass is 271 g/mol. The number of nitrogens with one attached hydrogen (secondary N) is 1. The van der Waals surface area contributed by atoms with E-state index >= 15 is 0 Å². The molecule has 0 aliphatic rings. The van der Waals surface area contributed by atoms with Crippen LogP contribution in [0.2, 0.25) is 0 Å². The van der Waals surface area contributed by atoms with Gasteiger partial charge in [-0.15, -0.1) is 0 Å². The van der Waals surface area contributed by atoms with E-state index in [4.69, 9.17) is 11.0 Å². The minimum atomic E-state index is -0.734. The SMILES string of the molecule is N#Cc1c(F)cccc1NC(=O)c1cccc(N)c1O. The Morgan fingerprint density at radius 1 is 1.30 bits per heavy atom. The highest BCUT2D eigenvalue weighted by Gasteiger charge is 2.16. The molecule has 0 saturated heterocycles. The second kappa shape index (κ2) is 5.28. The molecule has 0 aliphatic carbocycles. The van der Waals surface area contributed by atoms with Crippen LogP contribution in [-0.4, -0.2) is 11.0 Å². The fourth-order valence-corrected chi connectivity index (χ4v) is 1.68. The number of nitrogens with zero attached hydrogens (tertiary/aromatic N) is 1. The van der Waals surface area contributed by atoms with Crippen LogP contribution in [0.1, 0.15) is 15.9 Å². The van der Waals surface area contributed by atoms with Gasteiger partial charge in [0.2, 0.25) is 0 Å². The summed E-state index contributed by atoms with van der Waals surface area (Å²) in [6, 6.07) is 9.85. The number of aromatic hydroxyl groups is 1. The number of phenolic OH excluding ortho intramolecular Hbond substituents is 1. The summed E-state index contributed by atoms with van der Waals surface area (Å²) in [5.41, 5.74) is 5.24. The molecule has 0 heterocycles. The second-order valence-electron chi connectivity index (χ2n) is 3.97. The Balaban J connectivity index is 2.36. The molecule has 6 heteroatoms. The van der Waals surface area contributed by atoms with Gasteiger partial charge in [-0.2, -0.15) is 5.26 Å². The molecule has 0 spiro atoms. The third kappa shape index (κ3) is 2.37. The van der Waals surface area contributed by atoms with Crippen LogP contribution in [0.5, 0.6) is 5.75 Å². The molecule has 100 valence electrons. The van der Waals surface area contributed by atoms with Gasteiger partial charge in [-0.05, 0) is 24.3 Å². The molecule has 0 unspecified atom stereocenters. The summed E-state index contributed by atoms with van der Waals surface area (Å²) in [7, 11) is 0. The number of amides is 1. The molecule has 0 radical (unpaired) electrons. The second-order valence-corrected chi connectivity index (χ2v) is 3.97. The Kier molecular flexibility index (Phi) is 3.53. The third-order valence-corrected chi connectivity index (χ3v) is 2.69. The van der Waals surface area contributed by atoms with E-state index in [9.17, 15) is 14.3 Å². The van der Waals surface area contributed by atoms with Crippen LogP contribution >= 0.6 is 0 Å². The van der Waals surface area contributed by atoms with Crippen LogP contribution in [-0.2, 0) is 0 Å². The lowest BCUT2D eigenvalue weighted by Gasteiger charge is -2.09. The lowest BCUT2D eigenvalue weighted by atomic mass is 10.1. The van der Waals surface area contributed by atoms with Gasteiger partial charge in [-0.1, -0.05) is 12.1 Å². The minimum absolute atomic E-state index is 0.0272. The average molecular weight is 271 g/mol. The Bertz CT molecular complexity index is 723. The number of hydrogen-bond acceptors (Lipinski definition) is 4. The average Bonchev–Trinajstić information content (AvgIpc) is 2.42. The largest absolute Gasteiger partial charge is 0.505 e. The highest BCUT2D eigenvalue weighted by Crippen LogP contribution is 2.26. The summed E-state index contributed by atoms with van der Waals surface area (Å²) < 4.78 is 13.4. The first-order valence-corrected chi connectivity index (χ1v) is 5.62. The fourth-order valence-electron chi connectivity index (χ4n) is 1.68. The van der Waals surface area contributed by atoms with Gasteiger partial charge in [0.25, 0.3) is 5.91 Å². The molecule has 0 aliphatic heterocycles. The Hall–Kier alpha value is -3.07. The van der Waals surface area contributed by atoms with Gasteiger partial charge in [0, 0.05) is 0 Å². The first kappa shape index (κ1) is 13.4. The van der Waals surface area contributed by atoms with Gasteiger partial charge >= 0.3 is 0 Å². The van der Waals surface area contributed by atoms with Crippen molar-refractivity contribution in [2.45, 2.75) is 0 Å². The molecule has 2 aromatic carbocycles. The maximum atomic E-state index is 13.4. The third-order valence-electron chi connectivity index (χ3n) is 2.69. The molecule has 0 fully saturated rings. The van der Waals surface area contributed by atoms with Crippen molar-refractivity contribution in [1.82, 2.24) is 0 Å². The van der Waals surface area contributed by atoms with Crippen LogP contribution in [0.3, 0.4) is 0 Å². The first-order valence-electron chi connectivity index (χ1n) is 5.62. The maximum absolute atomic E-state index is 13.4. The number of rotatable bonds is 2. The smallest absolute Gasteiger partial charge is 0.259 e. The van der Waals surface area contributed by atoms with Crippen molar-refractivity contribution in [2.24, 2.45) is 0 Å². The van der Waals surface area contributed by atoms with Crippen molar-refractivity contribution in [3.05, 3.63) is 53.3 Å². The van der Waals surface area contributed by atoms with E-state index in [0.29, 0.717) is 0 Å². The Morgan fingerprint density at radius 2 is 2.00 bits per heavy atom. The van der Waals surface area contributed by atoms with Crippen molar-refractivity contribution in [3.63, 3.8) is 0 Å². The Morgan fingerprint density at radius 3 is 2.70 bits per heavy atom. The topological polar surface area (TPSA) is 99.1 Å². The van der Waals surface area contributed by atoms with Crippen LogP contribution in [0, 0.1) is 17.1 Å². The molecular formula is C14H10FN3O2. The molecular weight excluding hydrogens is 261 g/mol. The summed E-state index contributed by atoms with van der Waals surface area (Å²) in [6.45, 7) is 0. The first-order chi connectivity index (χ1) is 9.54. The molecule has 0 saturated carbocycles. The number of nitriles is 1. The van der Waals surface area contributed by atoms with Crippen LogP contribution < -0.4 is 11.1 Å². The molecule has 2 rings (SSSR count). The van der Waals surface area contributed by atoms with Crippen LogP contribution in [0.4, 0.5) is 15.8 Å². The number of carbonyl (C=O) groups is 1. The normalized spacial score (nSPS) is 9.80. The zero-order chi connectivity index (χ0) is 14.7.